The highest BCUT2D eigenvalue weighted by Crippen LogP contribution is 2.17. The summed E-state index contributed by atoms with van der Waals surface area (Å²) in [5.41, 5.74) is 1.48. The van der Waals surface area contributed by atoms with E-state index in [2.05, 4.69) is 5.10 Å². The van der Waals surface area contributed by atoms with Gasteiger partial charge in [0.05, 0.1) is 18.6 Å². The van der Waals surface area contributed by atoms with Crippen molar-refractivity contribution in [3.8, 4) is 5.75 Å². The van der Waals surface area contributed by atoms with Crippen molar-refractivity contribution >= 4 is 5.69 Å². The lowest BCUT2D eigenvalue weighted by Crippen LogP contribution is -2.00. The number of aryl methyl sites for hydroxylation is 1. The molecule has 0 atom stereocenters. The summed E-state index contributed by atoms with van der Waals surface area (Å²) in [4.78, 5) is 10.3. The van der Waals surface area contributed by atoms with E-state index in [9.17, 15) is 10.1 Å². The molecule has 0 saturated heterocycles. The van der Waals surface area contributed by atoms with Crippen molar-refractivity contribution in [3.05, 3.63) is 51.8 Å². The van der Waals surface area contributed by atoms with Crippen LogP contribution in [0.3, 0.4) is 0 Å². The molecule has 1 heterocycles. The van der Waals surface area contributed by atoms with Crippen molar-refractivity contribution in [1.29, 1.82) is 0 Å². The first-order chi connectivity index (χ1) is 8.60. The second kappa shape index (κ2) is 4.87. The van der Waals surface area contributed by atoms with Gasteiger partial charge in [-0.1, -0.05) is 12.1 Å². The van der Waals surface area contributed by atoms with E-state index in [1.165, 1.54) is 6.20 Å². The van der Waals surface area contributed by atoms with Crippen LogP contribution in [0.5, 0.6) is 5.75 Å². The molecule has 2 aromatic rings. The van der Waals surface area contributed by atoms with Gasteiger partial charge in [-0.25, -0.2) is 0 Å². The normalized spacial score (nSPS) is 10.3. The Morgan fingerprint density at radius 3 is 2.56 bits per heavy atom. The van der Waals surface area contributed by atoms with E-state index in [0.29, 0.717) is 12.2 Å². The van der Waals surface area contributed by atoms with Crippen LogP contribution in [0.15, 0.2) is 30.5 Å². The van der Waals surface area contributed by atoms with Crippen LogP contribution < -0.4 is 4.74 Å². The van der Waals surface area contributed by atoms with Gasteiger partial charge in [-0.05, 0) is 24.6 Å². The second-order valence-electron chi connectivity index (χ2n) is 3.90. The van der Waals surface area contributed by atoms with Gasteiger partial charge in [-0.15, -0.1) is 0 Å². The third-order valence-electron chi connectivity index (χ3n) is 2.62. The zero-order valence-corrected chi connectivity index (χ0v) is 10.2. The maximum Gasteiger partial charge on any atom is 0.309 e. The monoisotopic (exact) mass is 247 g/mol. The molecule has 0 aliphatic rings. The topological polar surface area (TPSA) is 70.2 Å². The molecule has 2 rings (SSSR count). The Hall–Kier alpha value is -2.37. The zero-order chi connectivity index (χ0) is 13.1. The Balaban J connectivity index is 2.18. The third kappa shape index (κ3) is 2.48. The number of nitrogens with zero attached hydrogens (tertiary/aromatic N) is 3. The fourth-order valence-electron chi connectivity index (χ4n) is 1.69. The van der Waals surface area contributed by atoms with Gasteiger partial charge in [-0.2, -0.15) is 5.10 Å². The lowest BCUT2D eigenvalue weighted by atomic mass is 10.2. The van der Waals surface area contributed by atoms with Crippen molar-refractivity contribution in [2.45, 2.75) is 13.5 Å². The minimum atomic E-state index is -0.424. The van der Waals surface area contributed by atoms with E-state index < -0.39 is 4.92 Å². The molecule has 0 N–H and O–H groups in total. The average Bonchev–Trinajstić information content (AvgIpc) is 2.71. The van der Waals surface area contributed by atoms with Gasteiger partial charge in [0.1, 0.15) is 17.6 Å². The van der Waals surface area contributed by atoms with Crippen molar-refractivity contribution in [1.82, 2.24) is 9.78 Å². The van der Waals surface area contributed by atoms with Crippen LogP contribution in [0, 0.1) is 17.0 Å². The Kier molecular flexibility index (Phi) is 3.27. The average molecular weight is 247 g/mol. The number of benzene rings is 1. The molecule has 0 spiro atoms. The largest absolute Gasteiger partial charge is 0.497 e. The fourth-order valence-corrected chi connectivity index (χ4v) is 1.69. The molecule has 6 nitrogen and oxygen atoms in total. The molecule has 0 fully saturated rings. The molecule has 0 unspecified atom stereocenters. The molecule has 6 heteroatoms. The third-order valence-corrected chi connectivity index (χ3v) is 2.62. The van der Waals surface area contributed by atoms with Crippen LogP contribution in [-0.2, 0) is 6.54 Å². The highest BCUT2D eigenvalue weighted by Gasteiger charge is 2.15. The molecular formula is C12H13N3O3. The fraction of sp³-hybridized carbons (Fsp3) is 0.250. The molecule has 1 aromatic heterocycles. The standard InChI is InChI=1S/C12H13N3O3/c1-9-12(15(16)17)8-14(13-9)7-10-3-5-11(18-2)6-4-10/h3-6,8H,7H2,1-2H3. The van der Waals surface area contributed by atoms with Gasteiger partial charge in [0.2, 0.25) is 0 Å². The summed E-state index contributed by atoms with van der Waals surface area (Å²) in [5.74, 6) is 0.779. The second-order valence-corrected chi connectivity index (χ2v) is 3.90. The predicted octanol–water partition coefficient (Wildman–Crippen LogP) is 2.16. The van der Waals surface area contributed by atoms with Crippen molar-refractivity contribution < 1.29 is 9.66 Å². The molecular weight excluding hydrogens is 234 g/mol. The molecule has 0 aliphatic heterocycles. The minimum absolute atomic E-state index is 0.0449. The zero-order valence-electron chi connectivity index (χ0n) is 10.2. The molecule has 18 heavy (non-hydrogen) atoms. The van der Waals surface area contributed by atoms with E-state index in [0.717, 1.165) is 11.3 Å². The van der Waals surface area contributed by atoms with Gasteiger partial charge in [-0.3, -0.25) is 14.8 Å². The van der Waals surface area contributed by atoms with Crippen LogP contribution in [0.2, 0.25) is 0 Å². The number of rotatable bonds is 4. The van der Waals surface area contributed by atoms with Crippen LogP contribution in [0.1, 0.15) is 11.3 Å². The number of ether oxygens (including phenoxy) is 1. The van der Waals surface area contributed by atoms with E-state index in [-0.39, 0.29) is 5.69 Å². The maximum absolute atomic E-state index is 10.7. The van der Waals surface area contributed by atoms with E-state index >= 15 is 0 Å². The van der Waals surface area contributed by atoms with Crippen LogP contribution in [0.25, 0.3) is 0 Å². The summed E-state index contributed by atoms with van der Waals surface area (Å²) in [6, 6.07) is 7.50. The lowest BCUT2D eigenvalue weighted by Gasteiger charge is -2.03. The van der Waals surface area contributed by atoms with E-state index in [1.54, 1.807) is 18.7 Å². The minimum Gasteiger partial charge on any atom is -0.497 e. The number of aromatic nitrogens is 2. The highest BCUT2D eigenvalue weighted by molar-refractivity contribution is 5.32. The summed E-state index contributed by atoms with van der Waals surface area (Å²) in [5, 5.41) is 14.8. The number of methoxy groups -OCH3 is 1. The van der Waals surface area contributed by atoms with Crippen LogP contribution in [-0.4, -0.2) is 21.8 Å². The van der Waals surface area contributed by atoms with Gasteiger partial charge >= 0.3 is 5.69 Å². The molecule has 0 amide bonds. The van der Waals surface area contributed by atoms with Crippen molar-refractivity contribution in [2.75, 3.05) is 7.11 Å². The predicted molar refractivity (Wildman–Crippen MR) is 65.7 cm³/mol. The highest BCUT2D eigenvalue weighted by atomic mass is 16.6. The number of nitro groups is 1. The molecule has 0 radical (unpaired) electrons. The van der Waals surface area contributed by atoms with E-state index in [1.807, 2.05) is 24.3 Å². The summed E-state index contributed by atoms with van der Waals surface area (Å²) >= 11 is 0. The Morgan fingerprint density at radius 1 is 1.39 bits per heavy atom. The Labute approximate surface area is 104 Å². The molecule has 1 aromatic carbocycles. The van der Waals surface area contributed by atoms with Crippen LogP contribution in [0.4, 0.5) is 5.69 Å². The first-order valence-corrected chi connectivity index (χ1v) is 5.41. The first kappa shape index (κ1) is 12.1. The van der Waals surface area contributed by atoms with Crippen molar-refractivity contribution in [3.63, 3.8) is 0 Å². The summed E-state index contributed by atoms with van der Waals surface area (Å²) in [6.45, 7) is 2.13. The number of hydrogen-bond donors (Lipinski definition) is 0. The quantitative estimate of drug-likeness (QED) is 0.613. The van der Waals surface area contributed by atoms with Gasteiger partial charge in [0, 0.05) is 0 Å². The molecule has 0 bridgehead atoms. The SMILES string of the molecule is COc1ccc(Cn2cc([N+](=O)[O-])c(C)n2)cc1. The van der Waals surface area contributed by atoms with Gasteiger partial charge < -0.3 is 4.74 Å². The van der Waals surface area contributed by atoms with Gasteiger partial charge in [0.25, 0.3) is 0 Å². The Morgan fingerprint density at radius 2 is 2.06 bits per heavy atom. The lowest BCUT2D eigenvalue weighted by molar-refractivity contribution is -0.385. The molecule has 0 aliphatic carbocycles. The van der Waals surface area contributed by atoms with Gasteiger partial charge in [0.15, 0.2) is 0 Å². The Bertz CT molecular complexity index is 560. The molecule has 0 saturated carbocycles. The number of hydrogen-bond acceptors (Lipinski definition) is 4. The van der Waals surface area contributed by atoms with Crippen LogP contribution >= 0.6 is 0 Å². The smallest absolute Gasteiger partial charge is 0.309 e. The van der Waals surface area contributed by atoms with Crippen molar-refractivity contribution in [2.24, 2.45) is 0 Å². The molecule has 94 valence electrons. The summed E-state index contributed by atoms with van der Waals surface area (Å²) in [6.07, 6.45) is 1.44. The summed E-state index contributed by atoms with van der Waals surface area (Å²) in [7, 11) is 1.61. The maximum atomic E-state index is 10.7. The summed E-state index contributed by atoms with van der Waals surface area (Å²) < 4.78 is 6.63. The van der Waals surface area contributed by atoms with E-state index in [4.69, 9.17) is 4.74 Å². The first-order valence-electron chi connectivity index (χ1n) is 5.41.